The van der Waals surface area contributed by atoms with Crippen molar-refractivity contribution in [3.05, 3.63) is 18.4 Å². The standard InChI is InChI=1S/C4H4O3S/c5-8(6)4-2-1-3-7-4/h1-3H,(H,5,6). The van der Waals surface area contributed by atoms with Crippen LogP contribution in [-0.2, 0) is 11.1 Å². The molecule has 1 aromatic rings. The summed E-state index contributed by atoms with van der Waals surface area (Å²) in [5.41, 5.74) is 0. The summed E-state index contributed by atoms with van der Waals surface area (Å²) >= 11 is -1.96. The fraction of sp³-hybridized carbons (Fsp3) is 0. The van der Waals surface area contributed by atoms with E-state index in [1.165, 1.54) is 12.3 Å². The molecule has 44 valence electrons. The predicted molar refractivity (Wildman–Crippen MR) is 27.7 cm³/mol. The van der Waals surface area contributed by atoms with Crippen LogP contribution in [0.15, 0.2) is 27.9 Å². The molecule has 0 aliphatic rings. The van der Waals surface area contributed by atoms with Crippen molar-refractivity contribution in [2.75, 3.05) is 0 Å². The third-order valence-electron chi connectivity index (χ3n) is 0.667. The summed E-state index contributed by atoms with van der Waals surface area (Å²) in [5.74, 6) is 0. The first-order valence-corrected chi connectivity index (χ1v) is 3.06. The number of hydrogen-bond donors (Lipinski definition) is 1. The monoisotopic (exact) mass is 132 g/mol. The maximum Gasteiger partial charge on any atom is 0.223 e. The maximum atomic E-state index is 10.1. The zero-order valence-corrected chi connectivity index (χ0v) is 4.72. The summed E-state index contributed by atoms with van der Waals surface area (Å²) in [7, 11) is 0. The van der Waals surface area contributed by atoms with E-state index in [2.05, 4.69) is 4.42 Å². The van der Waals surface area contributed by atoms with Crippen molar-refractivity contribution >= 4 is 11.1 Å². The van der Waals surface area contributed by atoms with E-state index < -0.39 is 11.1 Å². The lowest BCUT2D eigenvalue weighted by atomic mass is 10.7. The molecule has 1 atom stereocenters. The van der Waals surface area contributed by atoms with Gasteiger partial charge in [-0.05, 0) is 12.1 Å². The van der Waals surface area contributed by atoms with E-state index in [0.717, 1.165) is 0 Å². The Morgan fingerprint density at radius 1 is 1.75 bits per heavy atom. The van der Waals surface area contributed by atoms with Gasteiger partial charge in [-0.1, -0.05) is 0 Å². The van der Waals surface area contributed by atoms with Gasteiger partial charge in [0.05, 0.1) is 6.26 Å². The smallest absolute Gasteiger partial charge is 0.223 e. The minimum atomic E-state index is -1.96. The molecule has 3 nitrogen and oxygen atoms in total. The Morgan fingerprint density at radius 2 is 2.50 bits per heavy atom. The van der Waals surface area contributed by atoms with Gasteiger partial charge in [-0.2, -0.15) is 0 Å². The molecule has 1 N–H and O–H groups in total. The zero-order valence-electron chi connectivity index (χ0n) is 3.90. The van der Waals surface area contributed by atoms with Crippen LogP contribution >= 0.6 is 0 Å². The van der Waals surface area contributed by atoms with E-state index in [1.807, 2.05) is 0 Å². The average molecular weight is 132 g/mol. The van der Waals surface area contributed by atoms with E-state index >= 15 is 0 Å². The van der Waals surface area contributed by atoms with Gasteiger partial charge in [0, 0.05) is 0 Å². The van der Waals surface area contributed by atoms with Crippen LogP contribution in [-0.4, -0.2) is 8.76 Å². The van der Waals surface area contributed by atoms with Crippen molar-refractivity contribution in [3.63, 3.8) is 0 Å². The topological polar surface area (TPSA) is 50.4 Å². The highest BCUT2D eigenvalue weighted by molar-refractivity contribution is 7.79. The van der Waals surface area contributed by atoms with E-state index in [-0.39, 0.29) is 5.09 Å². The molecule has 1 heterocycles. The Labute approximate surface area is 48.6 Å². The van der Waals surface area contributed by atoms with Gasteiger partial charge in [0.1, 0.15) is 0 Å². The van der Waals surface area contributed by atoms with Crippen molar-refractivity contribution in [1.29, 1.82) is 0 Å². The van der Waals surface area contributed by atoms with Gasteiger partial charge >= 0.3 is 0 Å². The molecule has 0 spiro atoms. The molecule has 0 bridgehead atoms. The summed E-state index contributed by atoms with van der Waals surface area (Å²) in [5, 5.41) is 0.0880. The van der Waals surface area contributed by atoms with Crippen LogP contribution in [0.1, 0.15) is 0 Å². The second-order valence-electron chi connectivity index (χ2n) is 1.18. The van der Waals surface area contributed by atoms with Crippen LogP contribution in [0.4, 0.5) is 0 Å². The fourth-order valence-electron chi connectivity index (χ4n) is 0.363. The highest BCUT2D eigenvalue weighted by atomic mass is 32.2. The molecule has 0 amide bonds. The van der Waals surface area contributed by atoms with Crippen molar-refractivity contribution < 1.29 is 13.2 Å². The first-order chi connectivity index (χ1) is 3.80. The molecule has 0 aliphatic carbocycles. The van der Waals surface area contributed by atoms with Crippen LogP contribution in [0, 0.1) is 0 Å². The predicted octanol–water partition coefficient (Wildman–Crippen LogP) is 0.860. The molecule has 0 fully saturated rings. The highest BCUT2D eigenvalue weighted by Gasteiger charge is 1.98. The molecular formula is C4H4O3S. The third-order valence-corrected chi connectivity index (χ3v) is 1.24. The van der Waals surface area contributed by atoms with E-state index in [0.29, 0.717) is 0 Å². The Balaban J connectivity index is 2.93. The van der Waals surface area contributed by atoms with Crippen molar-refractivity contribution in [2.45, 2.75) is 5.09 Å². The van der Waals surface area contributed by atoms with Gasteiger partial charge in [0.2, 0.25) is 16.2 Å². The maximum absolute atomic E-state index is 10.1. The van der Waals surface area contributed by atoms with Crippen LogP contribution in [0.25, 0.3) is 0 Å². The third kappa shape index (κ3) is 0.962. The summed E-state index contributed by atoms with van der Waals surface area (Å²) < 4.78 is 22.9. The summed E-state index contributed by atoms with van der Waals surface area (Å²) in [6, 6.07) is 3.00. The molecule has 0 saturated heterocycles. The lowest BCUT2D eigenvalue weighted by Crippen LogP contribution is -1.81. The van der Waals surface area contributed by atoms with Gasteiger partial charge in [-0.3, -0.25) is 4.55 Å². The normalized spacial score (nSPS) is 13.6. The average Bonchev–Trinajstić information content (AvgIpc) is 2.12. The van der Waals surface area contributed by atoms with Gasteiger partial charge in [-0.25, -0.2) is 4.21 Å². The Hall–Kier alpha value is -0.610. The largest absolute Gasteiger partial charge is 0.453 e. The zero-order chi connectivity index (χ0) is 5.98. The van der Waals surface area contributed by atoms with Crippen LogP contribution in [0.2, 0.25) is 0 Å². The second-order valence-corrected chi connectivity index (χ2v) is 2.08. The van der Waals surface area contributed by atoms with Gasteiger partial charge < -0.3 is 4.42 Å². The van der Waals surface area contributed by atoms with Crippen LogP contribution in [0.3, 0.4) is 0 Å². The molecule has 1 aromatic heterocycles. The molecule has 0 saturated carbocycles. The van der Waals surface area contributed by atoms with Crippen molar-refractivity contribution in [2.24, 2.45) is 0 Å². The summed E-state index contributed by atoms with van der Waals surface area (Å²) in [6.07, 6.45) is 1.35. The van der Waals surface area contributed by atoms with Gasteiger partial charge in [0.25, 0.3) is 0 Å². The molecule has 0 radical (unpaired) electrons. The molecule has 8 heavy (non-hydrogen) atoms. The quantitative estimate of drug-likeness (QED) is 0.576. The van der Waals surface area contributed by atoms with E-state index in [1.54, 1.807) is 6.07 Å². The number of rotatable bonds is 1. The lowest BCUT2D eigenvalue weighted by Gasteiger charge is -1.80. The number of hydrogen-bond acceptors (Lipinski definition) is 2. The Kier molecular flexibility index (Phi) is 1.45. The van der Waals surface area contributed by atoms with Crippen LogP contribution < -0.4 is 0 Å². The molecule has 4 heteroatoms. The molecule has 0 aliphatic heterocycles. The summed E-state index contributed by atoms with van der Waals surface area (Å²) in [4.78, 5) is 0. The van der Waals surface area contributed by atoms with Crippen LogP contribution in [0.5, 0.6) is 0 Å². The Morgan fingerprint density at radius 3 is 2.75 bits per heavy atom. The Bertz CT molecular complexity index is 179. The van der Waals surface area contributed by atoms with Gasteiger partial charge in [-0.15, -0.1) is 0 Å². The first kappa shape index (κ1) is 5.53. The molecular weight excluding hydrogens is 128 g/mol. The fourth-order valence-corrected chi connectivity index (χ4v) is 0.696. The second kappa shape index (κ2) is 2.11. The van der Waals surface area contributed by atoms with Gasteiger partial charge in [0.15, 0.2) is 0 Å². The van der Waals surface area contributed by atoms with E-state index in [4.69, 9.17) is 4.55 Å². The molecule has 0 aromatic carbocycles. The van der Waals surface area contributed by atoms with Crippen molar-refractivity contribution in [1.82, 2.24) is 0 Å². The molecule has 1 rings (SSSR count). The minimum absolute atomic E-state index is 0.0880. The minimum Gasteiger partial charge on any atom is -0.453 e. The summed E-state index contributed by atoms with van der Waals surface area (Å²) in [6.45, 7) is 0. The van der Waals surface area contributed by atoms with Crippen molar-refractivity contribution in [3.8, 4) is 0 Å². The molecule has 1 unspecified atom stereocenters. The highest BCUT2D eigenvalue weighted by Crippen LogP contribution is 2.02. The lowest BCUT2D eigenvalue weighted by molar-refractivity contribution is 0.441. The first-order valence-electron chi connectivity index (χ1n) is 1.95. The van der Waals surface area contributed by atoms with E-state index in [9.17, 15) is 4.21 Å². The number of furan rings is 1. The SMILES string of the molecule is O=S(O)c1ccco1.